The lowest BCUT2D eigenvalue weighted by molar-refractivity contribution is -0.133. The second kappa shape index (κ2) is 11.4. The fourth-order valence-corrected chi connectivity index (χ4v) is 3.59. The highest BCUT2D eigenvalue weighted by atomic mass is 35.5. The first-order valence-corrected chi connectivity index (χ1v) is 9.27. The van der Waals surface area contributed by atoms with Crippen molar-refractivity contribution in [3.8, 4) is 5.75 Å². The molecule has 142 valence electrons. The smallest absolute Gasteiger partial charge is 0.222 e. The summed E-state index contributed by atoms with van der Waals surface area (Å²) in [4.78, 5) is 14.7. The molecule has 0 radical (unpaired) electrons. The van der Waals surface area contributed by atoms with E-state index in [1.807, 2.05) is 17.0 Å². The van der Waals surface area contributed by atoms with Crippen molar-refractivity contribution in [1.82, 2.24) is 10.2 Å². The van der Waals surface area contributed by atoms with E-state index in [0.29, 0.717) is 18.2 Å². The van der Waals surface area contributed by atoms with E-state index >= 15 is 0 Å². The van der Waals surface area contributed by atoms with Crippen molar-refractivity contribution in [2.45, 2.75) is 52.0 Å². The second-order valence-electron chi connectivity index (χ2n) is 6.81. The fraction of sp³-hybridized carbons (Fsp3) is 0.650. The van der Waals surface area contributed by atoms with Gasteiger partial charge in [0.2, 0.25) is 5.91 Å². The van der Waals surface area contributed by atoms with Gasteiger partial charge in [0.05, 0.1) is 7.11 Å². The zero-order chi connectivity index (χ0) is 17.4. The van der Waals surface area contributed by atoms with Crippen LogP contribution in [-0.4, -0.2) is 43.6 Å². The molecule has 0 spiro atoms. The number of likely N-dealkylation sites (N-methyl/N-ethyl adjacent to an activating group) is 1. The van der Waals surface area contributed by atoms with Crippen molar-refractivity contribution in [3.05, 3.63) is 29.8 Å². The van der Waals surface area contributed by atoms with Crippen LogP contribution in [0.25, 0.3) is 0 Å². The third kappa shape index (κ3) is 6.87. The predicted octanol–water partition coefficient (Wildman–Crippen LogP) is 3.68. The molecule has 1 N–H and O–H groups in total. The molecule has 1 aromatic carbocycles. The maximum atomic E-state index is 12.6. The maximum Gasteiger partial charge on any atom is 0.222 e. The van der Waals surface area contributed by atoms with E-state index in [2.05, 4.69) is 31.3 Å². The first-order chi connectivity index (χ1) is 11.6. The Kier molecular flexibility index (Phi) is 9.91. The molecule has 2 rings (SSSR count). The van der Waals surface area contributed by atoms with Crippen molar-refractivity contribution < 1.29 is 9.53 Å². The molecule has 0 bridgehead atoms. The highest BCUT2D eigenvalue weighted by Gasteiger charge is 2.21. The number of nitrogens with one attached hydrogen (secondary N) is 1. The summed E-state index contributed by atoms with van der Waals surface area (Å²) >= 11 is 0. The molecular formula is C20H33ClN2O2. The number of carbonyl (C=O) groups is 1. The van der Waals surface area contributed by atoms with Gasteiger partial charge >= 0.3 is 0 Å². The van der Waals surface area contributed by atoms with Gasteiger partial charge in [0.15, 0.2) is 0 Å². The Morgan fingerprint density at radius 1 is 1.28 bits per heavy atom. The molecule has 1 atom stereocenters. The van der Waals surface area contributed by atoms with E-state index in [1.165, 1.54) is 18.4 Å². The molecule has 25 heavy (non-hydrogen) atoms. The molecule has 1 aliphatic heterocycles. The highest BCUT2D eigenvalue weighted by Crippen LogP contribution is 2.20. The Labute approximate surface area is 158 Å². The molecule has 1 aromatic rings. The topological polar surface area (TPSA) is 41.6 Å². The third-order valence-electron chi connectivity index (χ3n) is 5.11. The van der Waals surface area contributed by atoms with Crippen LogP contribution in [0.3, 0.4) is 0 Å². The van der Waals surface area contributed by atoms with Crippen LogP contribution >= 0.6 is 12.4 Å². The minimum Gasteiger partial charge on any atom is -0.497 e. The highest BCUT2D eigenvalue weighted by molar-refractivity contribution is 5.85. The average Bonchev–Trinajstić information content (AvgIpc) is 2.62. The van der Waals surface area contributed by atoms with Gasteiger partial charge in [-0.15, -0.1) is 12.4 Å². The zero-order valence-electron chi connectivity index (χ0n) is 15.8. The van der Waals surface area contributed by atoms with Crippen LogP contribution in [-0.2, 0) is 11.2 Å². The molecule has 4 nitrogen and oxygen atoms in total. The minimum atomic E-state index is 0. The first kappa shape index (κ1) is 21.8. The number of rotatable bonds is 8. The summed E-state index contributed by atoms with van der Waals surface area (Å²) in [6, 6.07) is 8.36. The van der Waals surface area contributed by atoms with E-state index < -0.39 is 0 Å². The molecule has 1 amide bonds. The van der Waals surface area contributed by atoms with Gasteiger partial charge < -0.3 is 15.0 Å². The number of amides is 1. The van der Waals surface area contributed by atoms with Crippen LogP contribution in [0.4, 0.5) is 0 Å². The van der Waals surface area contributed by atoms with Crippen molar-refractivity contribution >= 4 is 18.3 Å². The largest absolute Gasteiger partial charge is 0.497 e. The van der Waals surface area contributed by atoms with Crippen LogP contribution < -0.4 is 10.1 Å². The lowest BCUT2D eigenvalue weighted by Gasteiger charge is -2.29. The van der Waals surface area contributed by atoms with Gasteiger partial charge in [0.25, 0.3) is 0 Å². The summed E-state index contributed by atoms with van der Waals surface area (Å²) in [5.74, 6) is 1.89. The van der Waals surface area contributed by atoms with Crippen molar-refractivity contribution in [3.63, 3.8) is 0 Å². The first-order valence-electron chi connectivity index (χ1n) is 9.27. The summed E-state index contributed by atoms with van der Waals surface area (Å²) < 4.78 is 5.20. The Bertz CT molecular complexity index is 501. The van der Waals surface area contributed by atoms with Crippen LogP contribution in [0.15, 0.2) is 24.3 Å². The maximum absolute atomic E-state index is 12.6. The third-order valence-corrected chi connectivity index (χ3v) is 5.11. The predicted molar refractivity (Wildman–Crippen MR) is 106 cm³/mol. The number of piperidine rings is 1. The summed E-state index contributed by atoms with van der Waals surface area (Å²) in [7, 11) is 1.68. The molecule has 1 aliphatic rings. The number of hydrogen-bond donors (Lipinski definition) is 1. The number of methoxy groups -OCH3 is 1. The molecule has 0 saturated carbocycles. The van der Waals surface area contributed by atoms with Gasteiger partial charge in [-0.1, -0.05) is 12.1 Å². The quantitative estimate of drug-likeness (QED) is 0.761. The van der Waals surface area contributed by atoms with Gasteiger partial charge in [-0.05, 0) is 76.2 Å². The monoisotopic (exact) mass is 368 g/mol. The van der Waals surface area contributed by atoms with Gasteiger partial charge in [0, 0.05) is 19.0 Å². The number of hydrogen-bond acceptors (Lipinski definition) is 3. The van der Waals surface area contributed by atoms with E-state index in [9.17, 15) is 4.79 Å². The summed E-state index contributed by atoms with van der Waals surface area (Å²) in [6.07, 6.45) is 5.02. The van der Waals surface area contributed by atoms with Crippen molar-refractivity contribution in [2.24, 2.45) is 5.92 Å². The lowest BCUT2D eigenvalue weighted by atomic mass is 9.93. The molecule has 5 heteroatoms. The Morgan fingerprint density at radius 2 is 1.92 bits per heavy atom. The van der Waals surface area contributed by atoms with Crippen molar-refractivity contribution in [1.29, 1.82) is 0 Å². The van der Waals surface area contributed by atoms with E-state index in [4.69, 9.17) is 4.74 Å². The van der Waals surface area contributed by atoms with Crippen LogP contribution in [0.5, 0.6) is 5.75 Å². The number of halogens is 1. The molecule has 1 heterocycles. The molecule has 1 unspecified atom stereocenters. The molecule has 1 saturated heterocycles. The number of nitrogens with zero attached hydrogens (tertiary/aromatic N) is 1. The summed E-state index contributed by atoms with van der Waals surface area (Å²) in [5, 5.41) is 3.39. The van der Waals surface area contributed by atoms with E-state index in [-0.39, 0.29) is 18.4 Å². The van der Waals surface area contributed by atoms with Gasteiger partial charge in [-0.25, -0.2) is 0 Å². The van der Waals surface area contributed by atoms with Crippen LogP contribution in [0.1, 0.15) is 45.1 Å². The Morgan fingerprint density at radius 3 is 2.48 bits per heavy atom. The summed E-state index contributed by atoms with van der Waals surface area (Å²) in [5.41, 5.74) is 1.24. The normalized spacial score (nSPS) is 16.0. The molecule has 0 aromatic heterocycles. The fourth-order valence-electron chi connectivity index (χ4n) is 3.59. The Hall–Kier alpha value is -1.26. The van der Waals surface area contributed by atoms with Gasteiger partial charge in [0.1, 0.15) is 5.75 Å². The van der Waals surface area contributed by atoms with Crippen molar-refractivity contribution in [2.75, 3.05) is 26.7 Å². The van der Waals surface area contributed by atoms with Gasteiger partial charge in [-0.3, -0.25) is 4.79 Å². The van der Waals surface area contributed by atoms with Crippen LogP contribution in [0, 0.1) is 5.92 Å². The summed E-state index contributed by atoms with van der Waals surface area (Å²) in [6.45, 7) is 7.21. The zero-order valence-corrected chi connectivity index (χ0v) is 16.6. The standard InChI is InChI=1S/C20H32N2O2.ClH/c1-4-22(20(23)10-7-17-11-13-21-14-12-17)16(2)15-18-5-8-19(24-3)9-6-18;/h5-6,8-9,16-17,21H,4,7,10-15H2,1-3H3;1H. The minimum absolute atomic E-state index is 0. The average molecular weight is 369 g/mol. The number of ether oxygens (including phenoxy) is 1. The Balaban J connectivity index is 0.00000312. The van der Waals surface area contributed by atoms with E-state index in [0.717, 1.165) is 38.2 Å². The molecule has 1 fully saturated rings. The lowest BCUT2D eigenvalue weighted by Crippen LogP contribution is -2.40. The number of carbonyl (C=O) groups excluding carboxylic acids is 1. The number of benzene rings is 1. The van der Waals surface area contributed by atoms with Crippen LogP contribution in [0.2, 0.25) is 0 Å². The van der Waals surface area contributed by atoms with Gasteiger partial charge in [-0.2, -0.15) is 0 Å². The SMILES string of the molecule is CCN(C(=O)CCC1CCNCC1)C(C)Cc1ccc(OC)cc1.Cl. The molecule has 0 aliphatic carbocycles. The second-order valence-corrected chi connectivity index (χ2v) is 6.81. The molecular weight excluding hydrogens is 336 g/mol. The van der Waals surface area contributed by atoms with E-state index in [1.54, 1.807) is 7.11 Å².